The van der Waals surface area contributed by atoms with Gasteiger partial charge in [-0.2, -0.15) is 10.4 Å². The minimum absolute atomic E-state index is 0.0540. The maximum atomic E-state index is 13.8. The average Bonchev–Trinajstić information content (AvgIpc) is 3.30. The molecule has 0 aliphatic heterocycles. The minimum Gasteiger partial charge on any atom is -0.457 e. The first kappa shape index (κ1) is 24.1. The third-order valence-corrected chi connectivity index (χ3v) is 5.30. The van der Waals surface area contributed by atoms with Crippen LogP contribution in [-0.4, -0.2) is 26.6 Å². The molecule has 2 aromatic carbocycles. The summed E-state index contributed by atoms with van der Waals surface area (Å²) in [6.45, 7) is 1.84. The predicted octanol–water partition coefficient (Wildman–Crippen LogP) is 4.11. The van der Waals surface area contributed by atoms with Gasteiger partial charge >= 0.3 is 0 Å². The van der Waals surface area contributed by atoms with Crippen molar-refractivity contribution < 1.29 is 18.7 Å². The second kappa shape index (κ2) is 10.5. The third-order valence-electron chi connectivity index (χ3n) is 5.30. The number of carbonyl (C=O) groups is 2. The van der Waals surface area contributed by atoms with E-state index in [4.69, 9.17) is 10.00 Å². The quantitative estimate of drug-likeness (QED) is 0.407. The van der Waals surface area contributed by atoms with Gasteiger partial charge < -0.3 is 15.4 Å². The van der Waals surface area contributed by atoms with Crippen LogP contribution < -0.4 is 15.4 Å². The Morgan fingerprint density at radius 1 is 1.17 bits per heavy atom. The van der Waals surface area contributed by atoms with E-state index in [0.29, 0.717) is 39.6 Å². The number of benzene rings is 2. The SMILES string of the molecule is Cc1c(Oc2ccnc(NC(=O)c3cnn(C)c3)c2)cccc1C(=O)NCc1ccc(C#N)c(F)c1. The molecule has 0 bridgehead atoms. The van der Waals surface area contributed by atoms with Crippen molar-refractivity contribution in [2.45, 2.75) is 13.5 Å². The molecular formula is C26H21FN6O3. The van der Waals surface area contributed by atoms with Gasteiger partial charge in [0.2, 0.25) is 0 Å². The van der Waals surface area contributed by atoms with E-state index in [-0.39, 0.29) is 23.9 Å². The van der Waals surface area contributed by atoms with E-state index in [1.807, 2.05) is 0 Å². The Kier molecular flexibility index (Phi) is 7.02. The van der Waals surface area contributed by atoms with Crippen LogP contribution >= 0.6 is 0 Å². The summed E-state index contributed by atoms with van der Waals surface area (Å²) >= 11 is 0. The highest BCUT2D eigenvalue weighted by atomic mass is 19.1. The first-order chi connectivity index (χ1) is 17.3. The van der Waals surface area contributed by atoms with E-state index in [9.17, 15) is 14.0 Å². The van der Waals surface area contributed by atoms with Crippen LogP contribution in [0.5, 0.6) is 11.5 Å². The molecule has 4 aromatic rings. The van der Waals surface area contributed by atoms with Crippen LogP contribution in [0.1, 0.15) is 37.4 Å². The molecule has 0 aliphatic rings. The lowest BCUT2D eigenvalue weighted by atomic mass is 10.1. The number of nitriles is 1. The van der Waals surface area contributed by atoms with E-state index in [1.54, 1.807) is 62.6 Å². The Morgan fingerprint density at radius 2 is 2.00 bits per heavy atom. The van der Waals surface area contributed by atoms with Gasteiger partial charge in [0, 0.05) is 43.2 Å². The van der Waals surface area contributed by atoms with Gasteiger partial charge in [-0.1, -0.05) is 12.1 Å². The molecule has 0 radical (unpaired) electrons. The highest BCUT2D eigenvalue weighted by molar-refractivity contribution is 6.03. The highest BCUT2D eigenvalue weighted by Gasteiger charge is 2.14. The molecule has 2 N–H and O–H groups in total. The van der Waals surface area contributed by atoms with E-state index in [1.165, 1.54) is 29.2 Å². The molecule has 0 fully saturated rings. The zero-order chi connectivity index (χ0) is 25.7. The van der Waals surface area contributed by atoms with Gasteiger partial charge in [0.05, 0.1) is 17.3 Å². The maximum Gasteiger partial charge on any atom is 0.260 e. The fraction of sp³-hybridized carbons (Fsp3) is 0.115. The molecule has 9 nitrogen and oxygen atoms in total. The number of ether oxygens (including phenoxy) is 1. The summed E-state index contributed by atoms with van der Waals surface area (Å²) in [5.74, 6) is -0.193. The molecule has 10 heteroatoms. The Bertz CT molecular complexity index is 1490. The number of hydrogen-bond donors (Lipinski definition) is 2. The average molecular weight is 484 g/mol. The Balaban J connectivity index is 1.44. The van der Waals surface area contributed by atoms with Gasteiger partial charge in [-0.25, -0.2) is 9.37 Å². The van der Waals surface area contributed by atoms with Gasteiger partial charge in [0.15, 0.2) is 0 Å². The first-order valence-corrected chi connectivity index (χ1v) is 10.8. The summed E-state index contributed by atoms with van der Waals surface area (Å²) in [4.78, 5) is 29.3. The molecule has 2 heterocycles. The normalized spacial score (nSPS) is 10.4. The van der Waals surface area contributed by atoms with Gasteiger partial charge in [-0.3, -0.25) is 14.3 Å². The van der Waals surface area contributed by atoms with Crippen molar-refractivity contribution in [2.24, 2.45) is 7.05 Å². The maximum absolute atomic E-state index is 13.8. The number of anilines is 1. The van der Waals surface area contributed by atoms with Crippen LogP contribution in [0.2, 0.25) is 0 Å². The fourth-order valence-corrected chi connectivity index (χ4v) is 3.40. The van der Waals surface area contributed by atoms with Crippen LogP contribution in [0.3, 0.4) is 0 Å². The van der Waals surface area contributed by atoms with Crippen molar-refractivity contribution in [2.75, 3.05) is 5.32 Å². The standard InChI is InChI=1S/C26H21FN6O3/c1-16-21(26(35)30-13-17-6-7-18(12-28)22(27)10-17)4-3-5-23(16)36-20-8-9-29-24(11-20)32-25(34)19-14-31-33(2)15-19/h3-11,14-15H,13H2,1-2H3,(H,30,35)(H,29,32,34). The van der Waals surface area contributed by atoms with Crippen molar-refractivity contribution in [3.8, 4) is 17.6 Å². The van der Waals surface area contributed by atoms with E-state index >= 15 is 0 Å². The molecular weight excluding hydrogens is 463 g/mol. The summed E-state index contributed by atoms with van der Waals surface area (Å²) < 4.78 is 21.3. The van der Waals surface area contributed by atoms with Crippen LogP contribution in [0, 0.1) is 24.1 Å². The Hall–Kier alpha value is -5.04. The topological polar surface area (TPSA) is 122 Å². The van der Waals surface area contributed by atoms with Gasteiger partial charge in [0.1, 0.15) is 29.2 Å². The van der Waals surface area contributed by atoms with Crippen molar-refractivity contribution in [1.29, 1.82) is 5.26 Å². The number of halogens is 1. The summed E-state index contributed by atoms with van der Waals surface area (Å²) in [6.07, 6.45) is 4.54. The smallest absolute Gasteiger partial charge is 0.260 e. The number of nitrogens with one attached hydrogen (secondary N) is 2. The molecule has 36 heavy (non-hydrogen) atoms. The molecule has 2 aromatic heterocycles. The molecule has 0 saturated heterocycles. The zero-order valence-corrected chi connectivity index (χ0v) is 19.4. The zero-order valence-electron chi connectivity index (χ0n) is 19.4. The number of nitrogens with zero attached hydrogens (tertiary/aromatic N) is 4. The van der Waals surface area contributed by atoms with E-state index in [2.05, 4.69) is 20.7 Å². The van der Waals surface area contributed by atoms with Crippen molar-refractivity contribution >= 4 is 17.6 Å². The lowest BCUT2D eigenvalue weighted by molar-refractivity contribution is 0.0949. The first-order valence-electron chi connectivity index (χ1n) is 10.8. The summed E-state index contributed by atoms with van der Waals surface area (Å²) in [6, 6.07) is 14.2. The summed E-state index contributed by atoms with van der Waals surface area (Å²) in [5.41, 5.74) is 1.85. The largest absolute Gasteiger partial charge is 0.457 e. The van der Waals surface area contributed by atoms with Crippen LogP contribution in [0.15, 0.2) is 67.1 Å². The second-order valence-electron chi connectivity index (χ2n) is 7.87. The fourth-order valence-electron chi connectivity index (χ4n) is 3.40. The molecule has 0 atom stereocenters. The van der Waals surface area contributed by atoms with Crippen molar-refractivity contribution in [3.05, 3.63) is 101 Å². The number of aryl methyl sites for hydroxylation is 1. The molecule has 0 aliphatic carbocycles. The Morgan fingerprint density at radius 3 is 2.72 bits per heavy atom. The van der Waals surface area contributed by atoms with Gasteiger partial charge in [-0.15, -0.1) is 0 Å². The van der Waals surface area contributed by atoms with Crippen molar-refractivity contribution in [1.82, 2.24) is 20.1 Å². The van der Waals surface area contributed by atoms with Crippen molar-refractivity contribution in [3.63, 3.8) is 0 Å². The number of aromatic nitrogens is 3. The number of hydrogen-bond acceptors (Lipinski definition) is 6. The molecule has 0 spiro atoms. The number of pyridine rings is 1. The summed E-state index contributed by atoms with van der Waals surface area (Å²) in [5, 5.41) is 18.3. The van der Waals surface area contributed by atoms with Crippen LogP contribution in [0.25, 0.3) is 0 Å². The predicted molar refractivity (Wildman–Crippen MR) is 129 cm³/mol. The van der Waals surface area contributed by atoms with Gasteiger partial charge in [-0.05, 0) is 42.8 Å². The molecule has 180 valence electrons. The third kappa shape index (κ3) is 5.53. The monoisotopic (exact) mass is 484 g/mol. The molecule has 2 amide bonds. The van der Waals surface area contributed by atoms with E-state index < -0.39 is 5.82 Å². The van der Waals surface area contributed by atoms with Crippen LogP contribution in [-0.2, 0) is 13.6 Å². The second-order valence-corrected chi connectivity index (χ2v) is 7.87. The van der Waals surface area contributed by atoms with Crippen LogP contribution in [0.4, 0.5) is 10.2 Å². The number of amides is 2. The van der Waals surface area contributed by atoms with Gasteiger partial charge in [0.25, 0.3) is 11.8 Å². The lowest BCUT2D eigenvalue weighted by Gasteiger charge is -2.13. The molecule has 0 saturated carbocycles. The highest BCUT2D eigenvalue weighted by Crippen LogP contribution is 2.28. The summed E-state index contributed by atoms with van der Waals surface area (Å²) in [7, 11) is 1.72. The number of carbonyl (C=O) groups excluding carboxylic acids is 2. The molecule has 0 unspecified atom stereocenters. The minimum atomic E-state index is -0.635. The lowest BCUT2D eigenvalue weighted by Crippen LogP contribution is -2.23. The molecule has 4 rings (SSSR count). The Labute approximate surface area is 206 Å². The van der Waals surface area contributed by atoms with E-state index in [0.717, 1.165) is 0 Å². The number of rotatable bonds is 7.